The van der Waals surface area contributed by atoms with Crippen molar-refractivity contribution in [2.24, 2.45) is 0 Å². The van der Waals surface area contributed by atoms with Crippen LogP contribution in [0, 0.1) is 10.1 Å². The minimum atomic E-state index is -1.25. The van der Waals surface area contributed by atoms with Crippen molar-refractivity contribution in [1.29, 1.82) is 0 Å². The number of hydrogen-bond acceptors (Lipinski definition) is 7. The molecule has 2 aromatic carbocycles. The number of carbonyl (C=O) groups excluding carboxylic acids is 2. The number of benzene rings is 2. The maximum Gasteiger partial charge on any atom is 0.410 e. The van der Waals surface area contributed by atoms with Gasteiger partial charge in [0.1, 0.15) is 11.6 Å². The van der Waals surface area contributed by atoms with Gasteiger partial charge in [-0.2, -0.15) is 0 Å². The molecule has 1 saturated heterocycles. The highest BCUT2D eigenvalue weighted by molar-refractivity contribution is 7.99. The van der Waals surface area contributed by atoms with Gasteiger partial charge in [-0.1, -0.05) is 43.8 Å². The molecule has 3 rings (SSSR count). The van der Waals surface area contributed by atoms with E-state index in [1.165, 1.54) is 45.3 Å². The zero-order valence-corrected chi connectivity index (χ0v) is 23.4. The van der Waals surface area contributed by atoms with Crippen molar-refractivity contribution in [3.8, 4) is 0 Å². The summed E-state index contributed by atoms with van der Waals surface area (Å²) in [4.78, 5) is 52.2. The Morgan fingerprint density at radius 2 is 1.79 bits per heavy atom. The van der Waals surface area contributed by atoms with Gasteiger partial charge in [0.25, 0.3) is 5.69 Å². The first kappa shape index (κ1) is 29.7. The summed E-state index contributed by atoms with van der Waals surface area (Å²) in [6.45, 7) is 9.24. The lowest BCUT2D eigenvalue weighted by atomic mass is 10.0. The quantitative estimate of drug-likeness (QED) is 0.272. The molecule has 1 aliphatic rings. The lowest BCUT2D eigenvalue weighted by Gasteiger charge is -2.39. The standard InChI is InChI=1S/C28H33N3O7S/c1-18(2)20-8-10-21(11-9-20)39-24-12-6-19(16-22(24)31(36)37)7-13-25(32)30-15-14-29(17-23(30)26(33)34)27(35)38-28(3,4)5/h6-13,16,18,23H,14-15,17H2,1-5H3,(H,33,34)/b13-7+. The molecule has 208 valence electrons. The monoisotopic (exact) mass is 555 g/mol. The molecule has 1 atom stereocenters. The van der Waals surface area contributed by atoms with Crippen LogP contribution in [0.15, 0.2) is 58.3 Å². The van der Waals surface area contributed by atoms with Crippen molar-refractivity contribution in [1.82, 2.24) is 9.80 Å². The second kappa shape index (κ2) is 12.3. The average Bonchev–Trinajstić information content (AvgIpc) is 2.86. The van der Waals surface area contributed by atoms with E-state index in [1.807, 2.05) is 24.3 Å². The second-order valence-electron chi connectivity index (χ2n) is 10.5. The van der Waals surface area contributed by atoms with Crippen LogP contribution in [-0.2, 0) is 14.3 Å². The number of nitro benzene ring substituents is 1. The van der Waals surface area contributed by atoms with Crippen LogP contribution in [0.5, 0.6) is 0 Å². The summed E-state index contributed by atoms with van der Waals surface area (Å²) in [7, 11) is 0. The van der Waals surface area contributed by atoms with Gasteiger partial charge >= 0.3 is 12.1 Å². The van der Waals surface area contributed by atoms with E-state index in [1.54, 1.807) is 32.9 Å². The highest BCUT2D eigenvalue weighted by atomic mass is 32.2. The Morgan fingerprint density at radius 3 is 2.36 bits per heavy atom. The highest BCUT2D eigenvalue weighted by Gasteiger charge is 2.37. The SMILES string of the molecule is CC(C)c1ccc(Sc2ccc(/C=C/C(=O)N3CCN(C(=O)OC(C)(C)C)CC3C(=O)O)cc2[N+](=O)[O-])cc1. The first-order valence-corrected chi connectivity index (χ1v) is 13.3. The van der Waals surface area contributed by atoms with E-state index in [-0.39, 0.29) is 25.3 Å². The number of ether oxygens (including phenoxy) is 1. The minimum absolute atomic E-state index is 0.00467. The summed E-state index contributed by atoms with van der Waals surface area (Å²) < 4.78 is 5.32. The highest BCUT2D eigenvalue weighted by Crippen LogP contribution is 2.36. The average molecular weight is 556 g/mol. The van der Waals surface area contributed by atoms with Crippen LogP contribution in [0.1, 0.15) is 51.7 Å². The van der Waals surface area contributed by atoms with Crippen LogP contribution in [0.3, 0.4) is 0 Å². The van der Waals surface area contributed by atoms with Crippen LogP contribution >= 0.6 is 11.8 Å². The summed E-state index contributed by atoms with van der Waals surface area (Å²) in [6, 6.07) is 11.3. The first-order chi connectivity index (χ1) is 18.2. The fraction of sp³-hybridized carbons (Fsp3) is 0.393. The van der Waals surface area contributed by atoms with Gasteiger partial charge in [-0.3, -0.25) is 14.9 Å². The molecule has 2 amide bonds. The predicted molar refractivity (Wildman–Crippen MR) is 148 cm³/mol. The van der Waals surface area contributed by atoms with Crippen LogP contribution in [-0.4, -0.2) is 69.1 Å². The van der Waals surface area contributed by atoms with E-state index in [2.05, 4.69) is 13.8 Å². The number of nitro groups is 1. The number of nitrogens with zero attached hydrogens (tertiary/aromatic N) is 3. The third-order valence-electron chi connectivity index (χ3n) is 5.97. The summed E-state index contributed by atoms with van der Waals surface area (Å²) in [5, 5.41) is 21.5. The number of hydrogen-bond donors (Lipinski definition) is 1. The molecular formula is C28H33N3O7S. The van der Waals surface area contributed by atoms with Crippen LogP contribution in [0.4, 0.5) is 10.5 Å². The van der Waals surface area contributed by atoms with Gasteiger partial charge < -0.3 is 19.6 Å². The van der Waals surface area contributed by atoms with Gasteiger partial charge in [0.05, 0.1) is 16.4 Å². The van der Waals surface area contributed by atoms with Crippen molar-refractivity contribution >= 4 is 41.5 Å². The lowest BCUT2D eigenvalue weighted by Crippen LogP contribution is -2.59. The van der Waals surface area contributed by atoms with E-state index in [4.69, 9.17) is 4.74 Å². The number of carbonyl (C=O) groups is 3. The second-order valence-corrected chi connectivity index (χ2v) is 11.6. The smallest absolute Gasteiger partial charge is 0.410 e. The van der Waals surface area contributed by atoms with Crippen LogP contribution in [0.2, 0.25) is 0 Å². The van der Waals surface area contributed by atoms with Gasteiger partial charge in [-0.25, -0.2) is 9.59 Å². The number of amides is 2. The fourth-order valence-corrected chi connectivity index (χ4v) is 4.83. The molecular weight excluding hydrogens is 522 g/mol. The summed E-state index contributed by atoms with van der Waals surface area (Å²) in [6.07, 6.45) is 1.97. The maximum atomic E-state index is 12.9. The van der Waals surface area contributed by atoms with Gasteiger partial charge in [0.15, 0.2) is 0 Å². The molecule has 0 spiro atoms. The van der Waals surface area contributed by atoms with Crippen molar-refractivity contribution in [3.05, 3.63) is 69.8 Å². The summed E-state index contributed by atoms with van der Waals surface area (Å²) in [5.74, 6) is -1.44. The number of rotatable bonds is 7. The molecule has 10 nitrogen and oxygen atoms in total. The molecule has 0 bridgehead atoms. The Hall–Kier alpha value is -3.86. The van der Waals surface area contributed by atoms with Crippen molar-refractivity contribution in [2.45, 2.75) is 62.0 Å². The summed E-state index contributed by atoms with van der Waals surface area (Å²) in [5.41, 5.74) is 0.765. The Balaban J connectivity index is 1.73. The normalized spacial score (nSPS) is 16.0. The van der Waals surface area contributed by atoms with E-state index >= 15 is 0 Å². The molecule has 1 heterocycles. The Kier molecular flexibility index (Phi) is 9.39. The first-order valence-electron chi connectivity index (χ1n) is 12.5. The molecule has 0 radical (unpaired) electrons. The molecule has 1 unspecified atom stereocenters. The number of carboxylic acid groups (broad SMARTS) is 1. The molecule has 2 aromatic rings. The summed E-state index contributed by atoms with van der Waals surface area (Å²) >= 11 is 1.28. The predicted octanol–water partition coefficient (Wildman–Crippen LogP) is 5.42. The van der Waals surface area contributed by atoms with Crippen molar-refractivity contribution in [2.75, 3.05) is 19.6 Å². The molecule has 1 fully saturated rings. The largest absolute Gasteiger partial charge is 0.480 e. The zero-order valence-electron chi connectivity index (χ0n) is 22.6. The van der Waals surface area contributed by atoms with Gasteiger partial charge in [-0.15, -0.1) is 0 Å². The lowest BCUT2D eigenvalue weighted by molar-refractivity contribution is -0.387. The molecule has 11 heteroatoms. The fourth-order valence-electron chi connectivity index (χ4n) is 3.93. The van der Waals surface area contributed by atoms with E-state index in [0.29, 0.717) is 16.4 Å². The van der Waals surface area contributed by atoms with Crippen molar-refractivity contribution in [3.63, 3.8) is 0 Å². The third-order valence-corrected chi connectivity index (χ3v) is 7.05. The number of aliphatic carboxylic acids is 1. The molecule has 0 aromatic heterocycles. The van der Waals surface area contributed by atoms with Gasteiger partial charge in [0.2, 0.25) is 5.91 Å². The van der Waals surface area contributed by atoms with Crippen LogP contribution in [0.25, 0.3) is 6.08 Å². The third kappa shape index (κ3) is 8.06. The van der Waals surface area contributed by atoms with E-state index in [9.17, 15) is 29.6 Å². The number of carboxylic acids is 1. The molecule has 1 N–H and O–H groups in total. The van der Waals surface area contributed by atoms with E-state index in [0.717, 1.165) is 4.90 Å². The maximum absolute atomic E-state index is 12.9. The Morgan fingerprint density at radius 1 is 1.13 bits per heavy atom. The molecule has 0 aliphatic carbocycles. The Labute approximate surface area is 231 Å². The minimum Gasteiger partial charge on any atom is -0.480 e. The molecule has 0 saturated carbocycles. The molecule has 39 heavy (non-hydrogen) atoms. The van der Waals surface area contributed by atoms with Crippen LogP contribution < -0.4 is 0 Å². The topological polar surface area (TPSA) is 130 Å². The zero-order chi connectivity index (χ0) is 28.9. The number of piperazine rings is 1. The van der Waals surface area contributed by atoms with E-state index < -0.39 is 34.5 Å². The molecule has 1 aliphatic heterocycles. The Bertz CT molecular complexity index is 1270. The van der Waals surface area contributed by atoms with Crippen molar-refractivity contribution < 1.29 is 29.2 Å². The van der Waals surface area contributed by atoms with Gasteiger partial charge in [-0.05, 0) is 62.1 Å². The van der Waals surface area contributed by atoms with Gasteiger partial charge in [0, 0.05) is 30.1 Å².